The van der Waals surface area contributed by atoms with Crippen molar-refractivity contribution >= 4 is 16.7 Å². The highest BCUT2D eigenvalue weighted by atomic mass is 32.2. The standard InChI is InChI=1S/C14H18F2N2O2S/c1-3-21(20)7-6-18-13(17-9(2)14(18)19)11-5-4-10(15)8-12(11)16/h4-5,8-9,13,17H,3,6-7H2,1-2H3. The van der Waals surface area contributed by atoms with Gasteiger partial charge in [-0.3, -0.25) is 14.3 Å². The van der Waals surface area contributed by atoms with E-state index >= 15 is 0 Å². The number of halogens is 2. The molecule has 1 aliphatic heterocycles. The number of amides is 1. The molecule has 0 aromatic heterocycles. The van der Waals surface area contributed by atoms with Crippen LogP contribution in [0, 0.1) is 11.6 Å². The van der Waals surface area contributed by atoms with E-state index in [4.69, 9.17) is 0 Å². The summed E-state index contributed by atoms with van der Waals surface area (Å²) in [5.74, 6) is -0.670. The van der Waals surface area contributed by atoms with Crippen LogP contribution in [0.5, 0.6) is 0 Å². The Morgan fingerprint density at radius 3 is 2.71 bits per heavy atom. The van der Waals surface area contributed by atoms with Crippen LogP contribution in [0.1, 0.15) is 25.6 Å². The Balaban J connectivity index is 2.23. The predicted molar refractivity (Wildman–Crippen MR) is 77.0 cm³/mol. The average Bonchev–Trinajstić information content (AvgIpc) is 2.72. The molecule has 0 spiro atoms. The van der Waals surface area contributed by atoms with E-state index in [9.17, 15) is 17.8 Å². The summed E-state index contributed by atoms with van der Waals surface area (Å²) in [6, 6.07) is 2.84. The number of nitrogens with one attached hydrogen (secondary N) is 1. The average molecular weight is 316 g/mol. The van der Waals surface area contributed by atoms with Gasteiger partial charge in [0, 0.05) is 40.5 Å². The van der Waals surface area contributed by atoms with Gasteiger partial charge in [-0.15, -0.1) is 0 Å². The molecular weight excluding hydrogens is 298 g/mol. The van der Waals surface area contributed by atoms with Gasteiger partial charge in [0.25, 0.3) is 0 Å². The Morgan fingerprint density at radius 2 is 2.10 bits per heavy atom. The van der Waals surface area contributed by atoms with Crippen molar-refractivity contribution in [1.82, 2.24) is 10.2 Å². The lowest BCUT2D eigenvalue weighted by molar-refractivity contribution is -0.129. The maximum Gasteiger partial charge on any atom is 0.241 e. The predicted octanol–water partition coefficient (Wildman–Crippen LogP) is 1.55. The molecule has 1 fully saturated rings. The Bertz CT molecular complexity index is 568. The summed E-state index contributed by atoms with van der Waals surface area (Å²) in [7, 11) is -1.00. The van der Waals surface area contributed by atoms with Gasteiger partial charge in [-0.2, -0.15) is 0 Å². The fourth-order valence-corrected chi connectivity index (χ4v) is 3.03. The number of carbonyl (C=O) groups excluding carboxylic acids is 1. The molecule has 116 valence electrons. The minimum Gasteiger partial charge on any atom is -0.321 e. The molecule has 0 saturated carbocycles. The zero-order valence-corrected chi connectivity index (χ0v) is 12.8. The van der Waals surface area contributed by atoms with Crippen molar-refractivity contribution in [3.63, 3.8) is 0 Å². The van der Waals surface area contributed by atoms with Gasteiger partial charge in [0.2, 0.25) is 5.91 Å². The second-order valence-corrected chi connectivity index (χ2v) is 6.79. The van der Waals surface area contributed by atoms with Crippen LogP contribution < -0.4 is 5.32 Å². The van der Waals surface area contributed by atoms with Gasteiger partial charge >= 0.3 is 0 Å². The lowest BCUT2D eigenvalue weighted by Crippen LogP contribution is -2.34. The van der Waals surface area contributed by atoms with Crippen molar-refractivity contribution in [2.24, 2.45) is 0 Å². The lowest BCUT2D eigenvalue weighted by Gasteiger charge is -2.24. The zero-order valence-electron chi connectivity index (χ0n) is 11.9. The van der Waals surface area contributed by atoms with Crippen LogP contribution in [0.3, 0.4) is 0 Å². The first-order chi connectivity index (χ1) is 9.93. The van der Waals surface area contributed by atoms with Gasteiger partial charge in [0.05, 0.1) is 6.04 Å². The first kappa shape index (κ1) is 16.0. The zero-order chi connectivity index (χ0) is 15.6. The molecular formula is C14H18F2N2O2S. The highest BCUT2D eigenvalue weighted by Crippen LogP contribution is 2.27. The first-order valence-electron chi connectivity index (χ1n) is 6.80. The molecule has 21 heavy (non-hydrogen) atoms. The Kier molecular flexibility index (Phi) is 5.05. The molecule has 1 aromatic carbocycles. The van der Waals surface area contributed by atoms with Gasteiger partial charge in [-0.25, -0.2) is 8.78 Å². The molecule has 1 N–H and O–H groups in total. The van der Waals surface area contributed by atoms with Gasteiger partial charge in [0.15, 0.2) is 0 Å². The molecule has 3 unspecified atom stereocenters. The maximum atomic E-state index is 13.9. The summed E-state index contributed by atoms with van der Waals surface area (Å²) in [6.45, 7) is 3.77. The minimum absolute atomic E-state index is 0.170. The normalized spacial score (nSPS) is 23.6. The molecule has 1 aromatic rings. The number of benzene rings is 1. The quantitative estimate of drug-likeness (QED) is 0.897. The highest BCUT2D eigenvalue weighted by Gasteiger charge is 2.38. The molecule has 4 nitrogen and oxygen atoms in total. The van der Waals surface area contributed by atoms with Gasteiger partial charge in [-0.05, 0) is 19.1 Å². The van der Waals surface area contributed by atoms with Crippen LogP contribution in [0.15, 0.2) is 18.2 Å². The second-order valence-electron chi connectivity index (χ2n) is 4.92. The maximum absolute atomic E-state index is 13.9. The monoisotopic (exact) mass is 316 g/mol. The van der Waals surface area contributed by atoms with Crippen LogP contribution >= 0.6 is 0 Å². The minimum atomic E-state index is -1.00. The van der Waals surface area contributed by atoms with Crippen LogP contribution in [-0.4, -0.2) is 39.1 Å². The third kappa shape index (κ3) is 3.47. The Hall–Kier alpha value is -1.34. The van der Waals surface area contributed by atoms with E-state index in [0.717, 1.165) is 12.1 Å². The number of hydrogen-bond acceptors (Lipinski definition) is 3. The SMILES string of the molecule is CCS(=O)CCN1C(=O)C(C)NC1c1ccc(F)cc1F. The fraction of sp³-hybridized carbons (Fsp3) is 0.500. The third-order valence-electron chi connectivity index (χ3n) is 3.51. The summed E-state index contributed by atoms with van der Waals surface area (Å²) in [5.41, 5.74) is 0.219. The van der Waals surface area contributed by atoms with E-state index in [1.54, 1.807) is 13.8 Å². The van der Waals surface area contributed by atoms with Gasteiger partial charge in [0.1, 0.15) is 17.8 Å². The van der Waals surface area contributed by atoms with Crippen molar-refractivity contribution in [3.05, 3.63) is 35.4 Å². The summed E-state index contributed by atoms with van der Waals surface area (Å²) >= 11 is 0. The molecule has 1 heterocycles. The van der Waals surface area contributed by atoms with Crippen LogP contribution in [-0.2, 0) is 15.6 Å². The molecule has 0 bridgehead atoms. The lowest BCUT2D eigenvalue weighted by atomic mass is 10.1. The number of rotatable bonds is 5. The fourth-order valence-electron chi connectivity index (χ4n) is 2.34. The van der Waals surface area contributed by atoms with E-state index in [2.05, 4.69) is 5.32 Å². The Morgan fingerprint density at radius 1 is 1.38 bits per heavy atom. The number of nitrogens with zero attached hydrogens (tertiary/aromatic N) is 1. The van der Waals surface area contributed by atoms with E-state index in [0.29, 0.717) is 11.5 Å². The molecule has 2 rings (SSSR count). The summed E-state index contributed by atoms with van der Waals surface area (Å²) in [6.07, 6.45) is -0.651. The number of carbonyl (C=O) groups is 1. The molecule has 1 aliphatic rings. The molecule has 3 atom stereocenters. The van der Waals surface area contributed by atoms with Crippen molar-refractivity contribution < 1.29 is 17.8 Å². The molecule has 0 aliphatic carbocycles. The van der Waals surface area contributed by atoms with Crippen molar-refractivity contribution in [2.75, 3.05) is 18.1 Å². The van der Waals surface area contributed by atoms with Gasteiger partial charge in [-0.1, -0.05) is 6.92 Å². The molecule has 0 radical (unpaired) electrons. The highest BCUT2D eigenvalue weighted by molar-refractivity contribution is 7.84. The van der Waals surface area contributed by atoms with Gasteiger partial charge < -0.3 is 4.90 Å². The van der Waals surface area contributed by atoms with E-state index < -0.39 is 34.6 Å². The van der Waals surface area contributed by atoms with Crippen LogP contribution in [0.2, 0.25) is 0 Å². The Labute approximate surface area is 125 Å². The van der Waals surface area contributed by atoms with Crippen LogP contribution in [0.4, 0.5) is 8.78 Å². The molecule has 1 saturated heterocycles. The van der Waals surface area contributed by atoms with E-state index in [-0.39, 0.29) is 18.0 Å². The summed E-state index contributed by atoms with van der Waals surface area (Å²) in [4.78, 5) is 13.6. The van der Waals surface area contributed by atoms with Crippen LogP contribution in [0.25, 0.3) is 0 Å². The summed E-state index contributed by atoms with van der Waals surface area (Å²) < 4.78 is 38.5. The molecule has 7 heteroatoms. The van der Waals surface area contributed by atoms with Crippen molar-refractivity contribution in [1.29, 1.82) is 0 Å². The second kappa shape index (κ2) is 6.62. The van der Waals surface area contributed by atoms with Crippen molar-refractivity contribution in [2.45, 2.75) is 26.1 Å². The first-order valence-corrected chi connectivity index (χ1v) is 8.29. The number of hydrogen-bond donors (Lipinski definition) is 1. The van der Waals surface area contributed by atoms with Crippen molar-refractivity contribution in [3.8, 4) is 0 Å². The third-order valence-corrected chi connectivity index (χ3v) is 4.79. The van der Waals surface area contributed by atoms with E-state index in [1.165, 1.54) is 11.0 Å². The molecule has 1 amide bonds. The summed E-state index contributed by atoms with van der Waals surface area (Å²) in [5, 5.41) is 2.99. The topological polar surface area (TPSA) is 49.4 Å². The largest absolute Gasteiger partial charge is 0.321 e. The smallest absolute Gasteiger partial charge is 0.241 e. The van der Waals surface area contributed by atoms with E-state index in [1.807, 2.05) is 0 Å².